The molecule has 0 bridgehead atoms. The van der Waals surface area contributed by atoms with E-state index in [2.05, 4.69) is 42.4 Å². The monoisotopic (exact) mass is 248 g/mol. The first kappa shape index (κ1) is 13.4. The third kappa shape index (κ3) is 3.47. The first-order valence-corrected chi connectivity index (χ1v) is 6.72. The Kier molecular flexibility index (Phi) is 4.61. The molecule has 1 N–H and O–H groups in total. The quantitative estimate of drug-likeness (QED) is 0.863. The van der Waals surface area contributed by atoms with Crippen molar-refractivity contribution in [1.82, 2.24) is 10.2 Å². The van der Waals surface area contributed by atoms with E-state index in [1.54, 1.807) is 7.11 Å². The standard InChI is InChI=1S/C15H24N2O/c1-12-4-5-15(18-3)14(8-12)11-17(2)10-13-6-7-16-9-13/h4-5,8,13,16H,6-7,9-11H2,1-3H3. The third-order valence-corrected chi connectivity index (χ3v) is 3.61. The number of nitrogens with zero attached hydrogens (tertiary/aromatic N) is 1. The Morgan fingerprint density at radius 3 is 2.94 bits per heavy atom. The lowest BCUT2D eigenvalue weighted by molar-refractivity contribution is 0.273. The minimum Gasteiger partial charge on any atom is -0.496 e. The fraction of sp³-hybridized carbons (Fsp3) is 0.600. The molecule has 1 aliphatic heterocycles. The van der Waals surface area contributed by atoms with Crippen molar-refractivity contribution < 1.29 is 4.74 Å². The van der Waals surface area contributed by atoms with Crippen LogP contribution in [-0.2, 0) is 6.54 Å². The zero-order valence-electron chi connectivity index (χ0n) is 11.7. The molecule has 0 amide bonds. The number of nitrogens with one attached hydrogen (secondary N) is 1. The second-order valence-electron chi connectivity index (χ2n) is 5.37. The predicted octanol–water partition coefficient (Wildman–Crippen LogP) is 2.04. The number of methoxy groups -OCH3 is 1. The molecule has 1 aromatic carbocycles. The minimum absolute atomic E-state index is 0.797. The molecule has 3 nitrogen and oxygen atoms in total. The molecule has 1 unspecified atom stereocenters. The van der Waals surface area contributed by atoms with Gasteiger partial charge in [0.2, 0.25) is 0 Å². The zero-order valence-corrected chi connectivity index (χ0v) is 11.7. The molecule has 100 valence electrons. The van der Waals surface area contributed by atoms with Crippen LogP contribution in [0.3, 0.4) is 0 Å². The summed E-state index contributed by atoms with van der Waals surface area (Å²) in [6.45, 7) is 6.58. The maximum atomic E-state index is 5.43. The van der Waals surface area contributed by atoms with Gasteiger partial charge in [-0.05, 0) is 45.5 Å². The van der Waals surface area contributed by atoms with Gasteiger partial charge in [0.1, 0.15) is 5.75 Å². The highest BCUT2D eigenvalue weighted by Gasteiger charge is 2.17. The lowest BCUT2D eigenvalue weighted by atomic mass is 10.1. The predicted molar refractivity (Wildman–Crippen MR) is 75.0 cm³/mol. The Labute approximate surface area is 110 Å². The van der Waals surface area contributed by atoms with E-state index in [-0.39, 0.29) is 0 Å². The molecule has 1 aromatic rings. The van der Waals surface area contributed by atoms with Gasteiger partial charge in [0.15, 0.2) is 0 Å². The van der Waals surface area contributed by atoms with E-state index in [1.807, 2.05) is 0 Å². The average molecular weight is 248 g/mol. The summed E-state index contributed by atoms with van der Waals surface area (Å²) < 4.78 is 5.43. The Balaban J connectivity index is 1.96. The highest BCUT2D eigenvalue weighted by Crippen LogP contribution is 2.21. The van der Waals surface area contributed by atoms with Crippen molar-refractivity contribution in [3.63, 3.8) is 0 Å². The Hall–Kier alpha value is -1.06. The molecule has 0 aliphatic carbocycles. The smallest absolute Gasteiger partial charge is 0.123 e. The van der Waals surface area contributed by atoms with Crippen LogP contribution in [0.15, 0.2) is 18.2 Å². The van der Waals surface area contributed by atoms with Crippen LogP contribution in [0, 0.1) is 12.8 Å². The van der Waals surface area contributed by atoms with Crippen molar-refractivity contribution in [2.24, 2.45) is 5.92 Å². The van der Waals surface area contributed by atoms with E-state index in [9.17, 15) is 0 Å². The van der Waals surface area contributed by atoms with Gasteiger partial charge in [-0.1, -0.05) is 17.7 Å². The lowest BCUT2D eigenvalue weighted by Gasteiger charge is -2.21. The van der Waals surface area contributed by atoms with E-state index in [4.69, 9.17) is 4.74 Å². The van der Waals surface area contributed by atoms with Crippen LogP contribution in [0.5, 0.6) is 5.75 Å². The summed E-state index contributed by atoms with van der Waals surface area (Å²) in [4.78, 5) is 2.40. The van der Waals surface area contributed by atoms with E-state index < -0.39 is 0 Å². The highest BCUT2D eigenvalue weighted by atomic mass is 16.5. The molecular weight excluding hydrogens is 224 g/mol. The van der Waals surface area contributed by atoms with E-state index in [0.717, 1.165) is 31.3 Å². The van der Waals surface area contributed by atoms with Gasteiger partial charge in [-0.3, -0.25) is 0 Å². The molecule has 1 saturated heterocycles. The van der Waals surface area contributed by atoms with Crippen LogP contribution in [0.1, 0.15) is 17.5 Å². The molecule has 1 aliphatic rings. The summed E-state index contributed by atoms with van der Waals surface area (Å²) in [5.74, 6) is 1.79. The maximum Gasteiger partial charge on any atom is 0.123 e. The van der Waals surface area contributed by atoms with Gasteiger partial charge in [0, 0.05) is 18.7 Å². The molecule has 18 heavy (non-hydrogen) atoms. The number of rotatable bonds is 5. The minimum atomic E-state index is 0.797. The van der Waals surface area contributed by atoms with Crippen molar-refractivity contribution >= 4 is 0 Å². The second kappa shape index (κ2) is 6.21. The van der Waals surface area contributed by atoms with Gasteiger partial charge in [-0.2, -0.15) is 0 Å². The fourth-order valence-electron chi connectivity index (χ4n) is 2.70. The molecule has 1 fully saturated rings. The van der Waals surface area contributed by atoms with Crippen LogP contribution in [0.2, 0.25) is 0 Å². The Morgan fingerprint density at radius 2 is 2.28 bits per heavy atom. The van der Waals surface area contributed by atoms with Gasteiger partial charge in [0.25, 0.3) is 0 Å². The van der Waals surface area contributed by atoms with Crippen LogP contribution in [-0.4, -0.2) is 38.7 Å². The molecule has 1 heterocycles. The van der Waals surface area contributed by atoms with E-state index >= 15 is 0 Å². The van der Waals surface area contributed by atoms with E-state index in [0.29, 0.717) is 0 Å². The van der Waals surface area contributed by atoms with Crippen LogP contribution in [0.4, 0.5) is 0 Å². The number of benzene rings is 1. The number of hydrogen-bond donors (Lipinski definition) is 1. The Morgan fingerprint density at radius 1 is 1.44 bits per heavy atom. The lowest BCUT2D eigenvalue weighted by Crippen LogP contribution is -2.26. The van der Waals surface area contributed by atoms with Crippen LogP contribution >= 0.6 is 0 Å². The molecular formula is C15H24N2O. The summed E-state index contributed by atoms with van der Waals surface area (Å²) >= 11 is 0. The number of hydrogen-bond acceptors (Lipinski definition) is 3. The SMILES string of the molecule is COc1ccc(C)cc1CN(C)CC1CCNC1. The van der Waals surface area contributed by atoms with E-state index in [1.165, 1.54) is 24.1 Å². The Bertz CT molecular complexity index is 386. The van der Waals surface area contributed by atoms with Crippen molar-refractivity contribution in [3.05, 3.63) is 29.3 Å². The first-order chi connectivity index (χ1) is 8.69. The first-order valence-electron chi connectivity index (χ1n) is 6.72. The average Bonchev–Trinajstić information content (AvgIpc) is 2.82. The molecule has 2 rings (SSSR count). The van der Waals surface area contributed by atoms with Gasteiger partial charge in [-0.25, -0.2) is 0 Å². The topological polar surface area (TPSA) is 24.5 Å². The third-order valence-electron chi connectivity index (χ3n) is 3.61. The molecule has 0 spiro atoms. The van der Waals surface area contributed by atoms with Crippen molar-refractivity contribution in [2.75, 3.05) is 33.8 Å². The summed E-state index contributed by atoms with van der Waals surface area (Å²) in [6.07, 6.45) is 1.30. The van der Waals surface area contributed by atoms with Crippen molar-refractivity contribution in [2.45, 2.75) is 19.9 Å². The number of aryl methyl sites for hydroxylation is 1. The number of ether oxygens (including phenoxy) is 1. The van der Waals surface area contributed by atoms with Gasteiger partial charge in [-0.15, -0.1) is 0 Å². The molecule has 0 aromatic heterocycles. The van der Waals surface area contributed by atoms with Crippen LogP contribution in [0.25, 0.3) is 0 Å². The summed E-state index contributed by atoms with van der Waals surface area (Å²) in [5.41, 5.74) is 2.58. The van der Waals surface area contributed by atoms with Crippen molar-refractivity contribution in [3.8, 4) is 5.75 Å². The largest absolute Gasteiger partial charge is 0.496 e. The summed E-state index contributed by atoms with van der Waals surface area (Å²) in [5, 5.41) is 3.42. The maximum absolute atomic E-state index is 5.43. The normalized spacial score (nSPS) is 19.4. The van der Waals surface area contributed by atoms with Gasteiger partial charge in [0.05, 0.1) is 7.11 Å². The molecule has 1 atom stereocenters. The fourth-order valence-corrected chi connectivity index (χ4v) is 2.70. The van der Waals surface area contributed by atoms with Gasteiger partial charge >= 0.3 is 0 Å². The zero-order chi connectivity index (χ0) is 13.0. The second-order valence-corrected chi connectivity index (χ2v) is 5.37. The van der Waals surface area contributed by atoms with Crippen LogP contribution < -0.4 is 10.1 Å². The van der Waals surface area contributed by atoms with Gasteiger partial charge < -0.3 is 15.0 Å². The molecule has 0 saturated carbocycles. The summed E-state index contributed by atoms with van der Waals surface area (Å²) in [7, 11) is 3.94. The molecule has 3 heteroatoms. The van der Waals surface area contributed by atoms with Crippen molar-refractivity contribution in [1.29, 1.82) is 0 Å². The highest BCUT2D eigenvalue weighted by molar-refractivity contribution is 5.36. The molecule has 0 radical (unpaired) electrons. The summed E-state index contributed by atoms with van der Waals surface area (Å²) in [6, 6.07) is 6.39.